The number of aldehydes is 1. The number of rotatable bonds is 1. The third kappa shape index (κ3) is 0.628. The second-order valence-corrected chi connectivity index (χ2v) is 3.00. The molecule has 0 spiro atoms. The molecule has 50 valence electrons. The Bertz CT molecular complexity index is 134. The Balaban J connectivity index is 2.21. The van der Waals surface area contributed by atoms with Crippen LogP contribution < -0.4 is 0 Å². The lowest BCUT2D eigenvalue weighted by atomic mass is 9.90. The predicted octanol–water partition coefficient (Wildman–Crippen LogP) is 0.897. The SMILES string of the molecule is O=CC12CCC(CC1)O2. The van der Waals surface area contributed by atoms with Gasteiger partial charge in [-0.05, 0) is 25.7 Å². The molecule has 0 aliphatic carbocycles. The van der Waals surface area contributed by atoms with Gasteiger partial charge in [-0.15, -0.1) is 0 Å². The first kappa shape index (κ1) is 5.42. The number of carbonyl (C=O) groups is 1. The maximum absolute atomic E-state index is 10.5. The first-order valence-electron chi connectivity index (χ1n) is 3.49. The van der Waals surface area contributed by atoms with E-state index in [4.69, 9.17) is 4.74 Å². The highest BCUT2D eigenvalue weighted by Gasteiger charge is 2.45. The average Bonchev–Trinajstić information content (AvgIpc) is 2.46. The van der Waals surface area contributed by atoms with Gasteiger partial charge in [-0.25, -0.2) is 0 Å². The summed E-state index contributed by atoms with van der Waals surface area (Å²) in [4.78, 5) is 10.5. The van der Waals surface area contributed by atoms with Crippen LogP contribution in [-0.2, 0) is 9.53 Å². The Morgan fingerprint density at radius 3 is 2.33 bits per heavy atom. The number of ether oxygens (including phenoxy) is 1. The molecule has 0 radical (unpaired) electrons. The second kappa shape index (κ2) is 1.57. The quantitative estimate of drug-likeness (QED) is 0.488. The molecule has 0 aromatic carbocycles. The van der Waals surface area contributed by atoms with Crippen molar-refractivity contribution in [1.29, 1.82) is 0 Å². The van der Waals surface area contributed by atoms with Crippen molar-refractivity contribution in [1.82, 2.24) is 0 Å². The first-order chi connectivity index (χ1) is 4.35. The number of fused-ring (bicyclic) bond motifs is 2. The molecule has 2 saturated heterocycles. The van der Waals surface area contributed by atoms with Crippen LogP contribution >= 0.6 is 0 Å². The Morgan fingerprint density at radius 2 is 2.11 bits per heavy atom. The fourth-order valence-electron chi connectivity index (χ4n) is 1.79. The monoisotopic (exact) mass is 126 g/mol. The molecule has 0 aromatic rings. The summed E-state index contributed by atoms with van der Waals surface area (Å²) in [6, 6.07) is 0. The molecule has 2 rings (SSSR count). The van der Waals surface area contributed by atoms with Crippen LogP contribution in [0, 0.1) is 0 Å². The van der Waals surface area contributed by atoms with Crippen LogP contribution in [0.15, 0.2) is 0 Å². The normalized spacial score (nSPS) is 47.8. The number of hydrogen-bond acceptors (Lipinski definition) is 2. The van der Waals surface area contributed by atoms with Crippen LogP contribution in [0.1, 0.15) is 25.7 Å². The highest BCUT2D eigenvalue weighted by molar-refractivity contribution is 5.63. The fourth-order valence-corrected chi connectivity index (χ4v) is 1.79. The Morgan fingerprint density at radius 1 is 1.44 bits per heavy atom. The van der Waals surface area contributed by atoms with Crippen molar-refractivity contribution in [2.24, 2.45) is 0 Å². The summed E-state index contributed by atoms with van der Waals surface area (Å²) in [5.74, 6) is 0. The minimum atomic E-state index is -0.329. The van der Waals surface area contributed by atoms with Gasteiger partial charge in [0.1, 0.15) is 5.60 Å². The Hall–Kier alpha value is -0.370. The lowest BCUT2D eigenvalue weighted by Gasteiger charge is -2.14. The van der Waals surface area contributed by atoms with Crippen molar-refractivity contribution in [2.75, 3.05) is 0 Å². The molecule has 2 fully saturated rings. The molecule has 0 aromatic heterocycles. The molecule has 0 N–H and O–H groups in total. The van der Waals surface area contributed by atoms with Crippen LogP contribution in [0.25, 0.3) is 0 Å². The molecule has 2 aliphatic heterocycles. The van der Waals surface area contributed by atoms with Crippen molar-refractivity contribution in [3.05, 3.63) is 0 Å². The van der Waals surface area contributed by atoms with Crippen LogP contribution in [0.2, 0.25) is 0 Å². The van der Waals surface area contributed by atoms with Crippen molar-refractivity contribution >= 4 is 6.29 Å². The summed E-state index contributed by atoms with van der Waals surface area (Å²) in [6.07, 6.45) is 5.51. The summed E-state index contributed by atoms with van der Waals surface area (Å²) in [6.45, 7) is 0. The van der Waals surface area contributed by atoms with Gasteiger partial charge in [0.2, 0.25) is 0 Å². The van der Waals surface area contributed by atoms with Gasteiger partial charge in [-0.2, -0.15) is 0 Å². The summed E-state index contributed by atoms with van der Waals surface area (Å²) >= 11 is 0. The maximum atomic E-state index is 10.5. The van der Waals surface area contributed by atoms with E-state index in [2.05, 4.69) is 0 Å². The lowest BCUT2D eigenvalue weighted by molar-refractivity contribution is -0.123. The Labute approximate surface area is 54.2 Å². The molecule has 2 bridgehead atoms. The van der Waals surface area contributed by atoms with E-state index >= 15 is 0 Å². The molecule has 0 unspecified atom stereocenters. The third-order valence-electron chi connectivity index (χ3n) is 2.40. The summed E-state index contributed by atoms with van der Waals surface area (Å²) in [7, 11) is 0. The van der Waals surface area contributed by atoms with Gasteiger partial charge in [-0.1, -0.05) is 0 Å². The zero-order chi connectivity index (χ0) is 6.32. The zero-order valence-corrected chi connectivity index (χ0v) is 5.30. The summed E-state index contributed by atoms with van der Waals surface area (Å²) in [5.41, 5.74) is -0.329. The second-order valence-electron chi connectivity index (χ2n) is 3.00. The summed E-state index contributed by atoms with van der Waals surface area (Å²) in [5, 5.41) is 0. The van der Waals surface area contributed by atoms with E-state index in [1.807, 2.05) is 0 Å². The van der Waals surface area contributed by atoms with Crippen molar-refractivity contribution < 1.29 is 9.53 Å². The number of hydrogen-bond donors (Lipinski definition) is 0. The molecule has 2 heterocycles. The van der Waals surface area contributed by atoms with Crippen LogP contribution in [0.5, 0.6) is 0 Å². The van der Waals surface area contributed by atoms with Crippen LogP contribution in [0.4, 0.5) is 0 Å². The van der Waals surface area contributed by atoms with Gasteiger partial charge in [0.15, 0.2) is 6.29 Å². The van der Waals surface area contributed by atoms with Gasteiger partial charge in [0.05, 0.1) is 6.10 Å². The molecule has 0 atom stereocenters. The molecule has 2 nitrogen and oxygen atoms in total. The van der Waals surface area contributed by atoms with E-state index < -0.39 is 0 Å². The molecule has 0 amide bonds. The predicted molar refractivity (Wildman–Crippen MR) is 32.1 cm³/mol. The van der Waals surface area contributed by atoms with Crippen molar-refractivity contribution in [3.8, 4) is 0 Å². The Kier molecular flexibility index (Phi) is 0.943. The fraction of sp³-hybridized carbons (Fsp3) is 0.857. The lowest BCUT2D eigenvalue weighted by Crippen LogP contribution is -2.25. The molecular weight excluding hydrogens is 116 g/mol. The van der Waals surface area contributed by atoms with Gasteiger partial charge in [0, 0.05) is 0 Å². The van der Waals surface area contributed by atoms with E-state index in [0.717, 1.165) is 32.0 Å². The maximum Gasteiger partial charge on any atom is 0.151 e. The van der Waals surface area contributed by atoms with Crippen LogP contribution in [-0.4, -0.2) is 18.0 Å². The van der Waals surface area contributed by atoms with Gasteiger partial charge in [-0.3, -0.25) is 0 Å². The summed E-state index contributed by atoms with van der Waals surface area (Å²) < 4.78 is 5.44. The average molecular weight is 126 g/mol. The highest BCUT2D eigenvalue weighted by Crippen LogP contribution is 2.41. The van der Waals surface area contributed by atoms with Crippen LogP contribution in [0.3, 0.4) is 0 Å². The van der Waals surface area contributed by atoms with E-state index in [9.17, 15) is 4.79 Å². The smallest absolute Gasteiger partial charge is 0.151 e. The van der Waals surface area contributed by atoms with E-state index in [0.29, 0.717) is 6.10 Å². The molecule has 0 saturated carbocycles. The third-order valence-corrected chi connectivity index (χ3v) is 2.40. The number of carbonyl (C=O) groups excluding carboxylic acids is 1. The molecular formula is C7H10O2. The van der Waals surface area contributed by atoms with E-state index in [-0.39, 0.29) is 5.60 Å². The van der Waals surface area contributed by atoms with Crippen molar-refractivity contribution in [2.45, 2.75) is 37.4 Å². The standard InChI is InChI=1S/C7H10O2/c8-5-7-3-1-6(9-7)2-4-7/h5-6H,1-4H2. The van der Waals surface area contributed by atoms with Crippen molar-refractivity contribution in [3.63, 3.8) is 0 Å². The topological polar surface area (TPSA) is 26.3 Å². The van der Waals surface area contributed by atoms with Gasteiger partial charge in [0.25, 0.3) is 0 Å². The molecule has 2 heteroatoms. The zero-order valence-electron chi connectivity index (χ0n) is 5.30. The molecule has 9 heavy (non-hydrogen) atoms. The largest absolute Gasteiger partial charge is 0.364 e. The highest BCUT2D eigenvalue weighted by atomic mass is 16.5. The minimum Gasteiger partial charge on any atom is -0.364 e. The van der Waals surface area contributed by atoms with E-state index in [1.165, 1.54) is 0 Å². The van der Waals surface area contributed by atoms with Gasteiger partial charge >= 0.3 is 0 Å². The first-order valence-corrected chi connectivity index (χ1v) is 3.49. The molecule has 2 aliphatic rings. The minimum absolute atomic E-state index is 0.329. The van der Waals surface area contributed by atoms with E-state index in [1.54, 1.807) is 0 Å². The van der Waals surface area contributed by atoms with Gasteiger partial charge < -0.3 is 9.53 Å².